The smallest absolute Gasteiger partial charge is 0.416 e. The zero-order chi connectivity index (χ0) is 42.8. The molecule has 0 aliphatic carbocycles. The largest absolute Gasteiger partial charge is 0.497 e. The van der Waals surface area contributed by atoms with E-state index < -0.39 is 41.9 Å². The first-order valence-corrected chi connectivity index (χ1v) is 19.3. The minimum atomic E-state index is -4.53. The number of thioether (sulfide) groups is 2. The number of carbonyl (C=O) groups excluding carboxylic acids is 2. The average molecular weight is 909 g/mol. The second kappa shape index (κ2) is 17.5. The summed E-state index contributed by atoms with van der Waals surface area (Å²) in [7, 11) is 1.55. The summed E-state index contributed by atoms with van der Waals surface area (Å²) in [6.45, 7) is -0.564. The summed E-state index contributed by atoms with van der Waals surface area (Å²) >= 11 is 18.3. The van der Waals surface area contributed by atoms with E-state index in [1.54, 1.807) is 43.5 Å². The molecular weight excluding hydrogens is 886 g/mol. The van der Waals surface area contributed by atoms with Crippen LogP contribution in [-0.2, 0) is 26.7 Å². The van der Waals surface area contributed by atoms with Crippen LogP contribution in [0.3, 0.4) is 0 Å². The molecule has 2 fully saturated rings. The van der Waals surface area contributed by atoms with Gasteiger partial charge in [-0.25, -0.2) is 0 Å². The first kappa shape index (κ1) is 43.2. The van der Waals surface area contributed by atoms with Crippen LogP contribution in [0.15, 0.2) is 110 Å². The lowest BCUT2D eigenvalue weighted by molar-refractivity contribution is -0.140. The number of alkyl halides is 6. The lowest BCUT2D eigenvalue weighted by atomic mass is 10.1. The van der Waals surface area contributed by atoms with Gasteiger partial charge in [-0.3, -0.25) is 24.2 Å². The number of hydrogen-bond donors (Lipinski definition) is 1. The maximum Gasteiger partial charge on any atom is 0.416 e. The molecule has 5 aromatic rings. The van der Waals surface area contributed by atoms with E-state index in [1.165, 1.54) is 41.3 Å². The monoisotopic (exact) mass is 908 g/mol. The Bertz CT molecular complexity index is 2550. The number of ether oxygens (including phenoxy) is 1. The Kier molecular flexibility index (Phi) is 12.8. The van der Waals surface area contributed by atoms with E-state index in [9.17, 15) is 40.7 Å². The SMILES string of the molecule is COc1ccc(N2C(=O)/C(=C/c3ccc(-c4cccc(C(F)(F)F)c4)o3)SC2=S)cc1.O=C(O)CN1C(=O)/C(=C/c2ccc(-c3cc(C(F)(F)F)ccc3Cl)o2)SC1=S. The third-order valence-corrected chi connectivity index (χ3v) is 11.1. The van der Waals surface area contributed by atoms with Crippen molar-refractivity contribution in [2.24, 2.45) is 0 Å². The number of methoxy groups -OCH3 is 1. The zero-order valence-corrected chi connectivity index (χ0v) is 33.6. The van der Waals surface area contributed by atoms with Gasteiger partial charge in [0.25, 0.3) is 11.8 Å². The number of rotatable bonds is 8. The molecule has 0 spiro atoms. The number of nitrogens with zero attached hydrogens (tertiary/aromatic N) is 2. The minimum Gasteiger partial charge on any atom is -0.497 e. The Labute approximate surface area is 354 Å². The molecule has 20 heteroatoms. The van der Waals surface area contributed by atoms with Crippen molar-refractivity contribution in [2.45, 2.75) is 12.4 Å². The molecule has 0 atom stereocenters. The molecule has 2 aliphatic rings. The second-order valence-electron chi connectivity index (χ2n) is 12.1. The Morgan fingerprint density at radius 2 is 1.36 bits per heavy atom. The zero-order valence-electron chi connectivity index (χ0n) is 29.6. The van der Waals surface area contributed by atoms with Crippen molar-refractivity contribution in [1.82, 2.24) is 4.90 Å². The van der Waals surface area contributed by atoms with Crippen molar-refractivity contribution in [3.05, 3.63) is 128 Å². The van der Waals surface area contributed by atoms with E-state index in [0.29, 0.717) is 32.0 Å². The van der Waals surface area contributed by atoms with Gasteiger partial charge >= 0.3 is 18.3 Å². The van der Waals surface area contributed by atoms with Crippen molar-refractivity contribution in [3.8, 4) is 28.4 Å². The summed E-state index contributed by atoms with van der Waals surface area (Å²) in [5.41, 5.74) is -0.687. The number of benzene rings is 3. The van der Waals surface area contributed by atoms with Crippen LogP contribution in [0.25, 0.3) is 34.8 Å². The highest BCUT2D eigenvalue weighted by Crippen LogP contribution is 2.40. The highest BCUT2D eigenvalue weighted by Gasteiger charge is 2.36. The number of hydrogen-bond acceptors (Lipinski definition) is 10. The van der Waals surface area contributed by atoms with Gasteiger partial charge in [0.15, 0.2) is 4.32 Å². The summed E-state index contributed by atoms with van der Waals surface area (Å²) in [5.74, 6) is -0.586. The molecule has 0 bridgehead atoms. The number of thiocarbonyl (C=S) groups is 2. The van der Waals surface area contributed by atoms with Crippen LogP contribution in [0, 0.1) is 0 Å². The van der Waals surface area contributed by atoms with Crippen LogP contribution in [0.5, 0.6) is 5.75 Å². The fraction of sp³-hybridized carbons (Fsp3) is 0.103. The number of carbonyl (C=O) groups is 3. The predicted octanol–water partition coefficient (Wildman–Crippen LogP) is 11.3. The fourth-order valence-corrected chi connectivity index (χ4v) is 8.08. The molecule has 3 aromatic carbocycles. The fourth-order valence-electron chi connectivity index (χ4n) is 5.35. The first-order valence-electron chi connectivity index (χ1n) is 16.5. The average Bonchev–Trinajstić information content (AvgIpc) is 3.96. The lowest BCUT2D eigenvalue weighted by Crippen LogP contribution is -2.33. The molecule has 59 heavy (non-hydrogen) atoms. The Hall–Kier alpha value is -5.34. The van der Waals surface area contributed by atoms with E-state index in [2.05, 4.69) is 0 Å². The van der Waals surface area contributed by atoms with Crippen LogP contribution in [0.2, 0.25) is 5.02 Å². The summed E-state index contributed by atoms with van der Waals surface area (Å²) < 4.78 is 94.4. The van der Waals surface area contributed by atoms with Crippen molar-refractivity contribution in [2.75, 3.05) is 18.6 Å². The molecule has 2 saturated heterocycles. The van der Waals surface area contributed by atoms with Gasteiger partial charge in [0.1, 0.15) is 39.7 Å². The van der Waals surface area contributed by atoms with Gasteiger partial charge in [-0.15, -0.1) is 0 Å². The molecule has 0 radical (unpaired) electrons. The number of amides is 2. The topological polar surface area (TPSA) is 113 Å². The maximum atomic E-state index is 13.0. The van der Waals surface area contributed by atoms with Crippen molar-refractivity contribution < 1.29 is 59.4 Å². The van der Waals surface area contributed by atoms with Gasteiger partial charge in [0, 0.05) is 23.3 Å². The van der Waals surface area contributed by atoms with E-state index in [0.717, 1.165) is 58.8 Å². The summed E-state index contributed by atoms with van der Waals surface area (Å²) in [4.78, 5) is 38.7. The number of carboxylic acids is 1. The van der Waals surface area contributed by atoms with E-state index in [1.807, 2.05) is 0 Å². The third kappa shape index (κ3) is 10.1. The highest BCUT2D eigenvalue weighted by molar-refractivity contribution is 8.27. The van der Waals surface area contributed by atoms with Crippen molar-refractivity contribution >= 4 is 104 Å². The van der Waals surface area contributed by atoms with E-state index in [4.69, 9.17) is 54.7 Å². The van der Waals surface area contributed by atoms with Gasteiger partial charge < -0.3 is 18.7 Å². The molecule has 304 valence electrons. The van der Waals surface area contributed by atoms with Crippen LogP contribution in [0.4, 0.5) is 32.0 Å². The van der Waals surface area contributed by atoms with Gasteiger partial charge in [0.05, 0.1) is 38.8 Å². The van der Waals surface area contributed by atoms with Gasteiger partial charge in [-0.05, 0) is 78.9 Å². The molecule has 7 rings (SSSR count). The van der Waals surface area contributed by atoms with Gasteiger partial charge in [0.2, 0.25) is 0 Å². The highest BCUT2D eigenvalue weighted by atomic mass is 35.5. The molecule has 4 heterocycles. The molecule has 1 N–H and O–H groups in total. The minimum absolute atomic E-state index is 0.0505. The Morgan fingerprint density at radius 3 is 1.97 bits per heavy atom. The quantitative estimate of drug-likeness (QED) is 0.0912. The molecule has 2 amide bonds. The van der Waals surface area contributed by atoms with Gasteiger partial charge in [-0.2, -0.15) is 26.3 Å². The summed E-state index contributed by atoms with van der Waals surface area (Å²) in [6, 6.07) is 20.7. The van der Waals surface area contributed by atoms with Gasteiger partial charge in [-0.1, -0.05) is 71.7 Å². The molecule has 2 aliphatic heterocycles. The van der Waals surface area contributed by atoms with Crippen molar-refractivity contribution in [1.29, 1.82) is 0 Å². The molecule has 0 saturated carbocycles. The van der Waals surface area contributed by atoms with Crippen molar-refractivity contribution in [3.63, 3.8) is 0 Å². The molecular formula is C39H23ClF6N2O7S4. The number of anilines is 1. The predicted molar refractivity (Wildman–Crippen MR) is 219 cm³/mol. The number of halogens is 7. The lowest BCUT2D eigenvalue weighted by Gasteiger charge is -2.14. The normalized spacial score (nSPS) is 16.0. The standard InChI is InChI=1S/C22H14F3NO3S2.C17H9ClF3NO4S2/c1-28-16-7-5-15(6-8-16)26-20(27)19(31-21(26)30)12-17-9-10-18(29-17)13-3-2-4-14(11-13)22(23,24)25;18-11-3-1-8(17(19,20)21)5-10(11)12-4-2-9(26-12)6-13-15(25)22(7-14(23)24)16(27)28-13/h2-12H,1H3;1-6H,7H2,(H,23,24)/b19-12-;13-6-. The van der Waals surface area contributed by atoms with Crippen LogP contribution >= 0.6 is 59.6 Å². The molecule has 2 aromatic heterocycles. The van der Waals surface area contributed by atoms with E-state index in [-0.39, 0.29) is 43.0 Å². The summed E-state index contributed by atoms with van der Waals surface area (Å²) in [5, 5.41) is 8.90. The summed E-state index contributed by atoms with van der Waals surface area (Å²) in [6.07, 6.45) is -6.11. The number of aliphatic carboxylic acids is 1. The molecule has 0 unspecified atom stereocenters. The maximum absolute atomic E-state index is 13.0. The third-order valence-electron chi connectivity index (χ3n) is 8.13. The Balaban J connectivity index is 0.000000199. The number of carboxylic acid groups (broad SMARTS) is 1. The Morgan fingerprint density at radius 1 is 0.780 bits per heavy atom. The first-order chi connectivity index (χ1) is 27.8. The van der Waals surface area contributed by atoms with Crippen LogP contribution < -0.4 is 9.64 Å². The van der Waals surface area contributed by atoms with Crippen LogP contribution in [0.1, 0.15) is 22.6 Å². The second-order valence-corrected chi connectivity index (χ2v) is 15.8. The number of furan rings is 2. The van der Waals surface area contributed by atoms with E-state index >= 15 is 0 Å². The molecule has 9 nitrogen and oxygen atoms in total. The van der Waals surface area contributed by atoms with Crippen LogP contribution in [-0.4, -0.2) is 50.1 Å².